The third-order valence-corrected chi connectivity index (χ3v) is 7.41. The van der Waals surface area contributed by atoms with Crippen LogP contribution in [0.1, 0.15) is 0 Å². The lowest BCUT2D eigenvalue weighted by atomic mass is 10.1. The first-order valence-corrected chi connectivity index (χ1v) is 13.3. The molecule has 0 aliphatic carbocycles. The van der Waals surface area contributed by atoms with Gasteiger partial charge in [0.15, 0.2) is 11.6 Å². The van der Waals surface area contributed by atoms with Crippen LogP contribution in [0.3, 0.4) is 0 Å². The summed E-state index contributed by atoms with van der Waals surface area (Å²) in [6.07, 6.45) is 2.13. The number of para-hydroxylation sites is 2. The summed E-state index contributed by atoms with van der Waals surface area (Å²) in [7, 11) is 0. The molecule has 8 rings (SSSR count). The summed E-state index contributed by atoms with van der Waals surface area (Å²) in [5, 5.41) is 3.51. The highest BCUT2D eigenvalue weighted by molar-refractivity contribution is 6.13. The summed E-state index contributed by atoms with van der Waals surface area (Å²) < 4.78 is 4.40. The van der Waals surface area contributed by atoms with Crippen LogP contribution in [0.25, 0.3) is 67.1 Å². The van der Waals surface area contributed by atoms with E-state index in [1.165, 1.54) is 5.39 Å². The summed E-state index contributed by atoms with van der Waals surface area (Å²) in [6, 6.07) is 45.8. The van der Waals surface area contributed by atoms with E-state index in [0.717, 1.165) is 44.1 Å². The minimum Gasteiger partial charge on any atom is -0.316 e. The van der Waals surface area contributed by atoms with Gasteiger partial charge in [-0.15, -0.1) is 0 Å². The summed E-state index contributed by atoms with van der Waals surface area (Å²) in [4.78, 5) is 15.0. The van der Waals surface area contributed by atoms with E-state index in [0.29, 0.717) is 17.6 Å². The summed E-state index contributed by atoms with van der Waals surface area (Å²) in [5.41, 5.74) is 6.25. The molecule has 3 heterocycles. The Bertz CT molecular complexity index is 2090. The van der Waals surface area contributed by atoms with E-state index < -0.39 is 0 Å². The van der Waals surface area contributed by atoms with E-state index in [1.54, 1.807) is 0 Å². The fourth-order valence-electron chi connectivity index (χ4n) is 5.52. The molecule has 3 aromatic heterocycles. The third kappa shape index (κ3) is 3.60. The molecule has 0 unspecified atom stereocenters. The summed E-state index contributed by atoms with van der Waals surface area (Å²) in [6.45, 7) is 0. The molecule has 0 fully saturated rings. The van der Waals surface area contributed by atoms with Crippen LogP contribution >= 0.6 is 0 Å². The van der Waals surface area contributed by atoms with Crippen molar-refractivity contribution in [2.45, 2.75) is 0 Å². The van der Waals surface area contributed by atoms with Gasteiger partial charge in [0.1, 0.15) is 0 Å². The molecule has 0 radical (unpaired) electrons. The van der Waals surface area contributed by atoms with Crippen LogP contribution in [0.4, 0.5) is 0 Å². The molecule has 0 saturated carbocycles. The monoisotopic (exact) mass is 513 g/mol. The Morgan fingerprint density at radius 1 is 0.450 bits per heavy atom. The van der Waals surface area contributed by atoms with Crippen LogP contribution in [0.2, 0.25) is 0 Å². The van der Waals surface area contributed by atoms with Crippen LogP contribution < -0.4 is 0 Å². The summed E-state index contributed by atoms with van der Waals surface area (Å²) >= 11 is 0. The van der Waals surface area contributed by atoms with Crippen molar-refractivity contribution < 1.29 is 0 Å². The van der Waals surface area contributed by atoms with Crippen molar-refractivity contribution in [3.63, 3.8) is 0 Å². The van der Waals surface area contributed by atoms with Crippen molar-refractivity contribution in [2.75, 3.05) is 0 Å². The van der Waals surface area contributed by atoms with Gasteiger partial charge in [0.05, 0.1) is 16.6 Å². The minimum absolute atomic E-state index is 0.594. The molecule has 0 spiro atoms. The lowest BCUT2D eigenvalue weighted by Gasteiger charge is -2.11. The number of fused-ring (bicyclic) bond motifs is 4. The van der Waals surface area contributed by atoms with Gasteiger partial charge in [-0.25, -0.2) is 4.98 Å². The van der Waals surface area contributed by atoms with Crippen LogP contribution in [-0.2, 0) is 0 Å². The second kappa shape index (κ2) is 9.03. The first kappa shape index (κ1) is 22.4. The van der Waals surface area contributed by atoms with Crippen molar-refractivity contribution in [3.05, 3.63) is 140 Å². The molecule has 0 bridgehead atoms. The van der Waals surface area contributed by atoms with E-state index in [9.17, 15) is 0 Å². The molecule has 0 aliphatic heterocycles. The van der Waals surface area contributed by atoms with E-state index >= 15 is 0 Å². The Hall–Kier alpha value is -5.55. The Balaban J connectivity index is 1.45. The second-order valence-corrected chi connectivity index (χ2v) is 9.82. The van der Waals surface area contributed by atoms with E-state index in [4.69, 9.17) is 15.0 Å². The van der Waals surface area contributed by atoms with E-state index in [1.807, 2.05) is 66.7 Å². The minimum atomic E-state index is 0.594. The molecule has 8 aromatic rings. The predicted molar refractivity (Wildman–Crippen MR) is 162 cm³/mol. The van der Waals surface area contributed by atoms with Gasteiger partial charge in [0.2, 0.25) is 5.95 Å². The SMILES string of the molecule is c1ccc(-c2nc(-c3ccccc3)nc(-n3c4ccccc4c4cc5ccn(-c6ccccc6)c5cc43)n2)cc1. The van der Waals surface area contributed by atoms with Crippen LogP contribution in [0, 0.1) is 0 Å². The highest BCUT2D eigenvalue weighted by atomic mass is 15.2. The zero-order chi connectivity index (χ0) is 26.5. The molecule has 5 aromatic carbocycles. The number of aromatic nitrogens is 5. The van der Waals surface area contributed by atoms with Gasteiger partial charge in [-0.05, 0) is 36.4 Å². The quantitative estimate of drug-likeness (QED) is 0.238. The van der Waals surface area contributed by atoms with Crippen LogP contribution in [0.5, 0.6) is 0 Å². The standard InChI is InChI=1S/C35H23N5/c1-4-12-24(13-5-1)33-36-34(25-14-6-2-7-15-25)38-35(37-33)40-30-19-11-10-18-28(30)29-22-26-20-21-39(31(26)23-32(29)40)27-16-8-3-9-17-27/h1-23H. The Kier molecular flexibility index (Phi) is 5.07. The molecule has 0 N–H and O–H groups in total. The predicted octanol–water partition coefficient (Wildman–Crippen LogP) is 8.25. The molecule has 40 heavy (non-hydrogen) atoms. The smallest absolute Gasteiger partial charge is 0.238 e. The van der Waals surface area contributed by atoms with Gasteiger partial charge in [0.25, 0.3) is 0 Å². The molecule has 0 aliphatic rings. The Morgan fingerprint density at radius 3 is 1.73 bits per heavy atom. The van der Waals surface area contributed by atoms with Gasteiger partial charge >= 0.3 is 0 Å². The largest absolute Gasteiger partial charge is 0.316 e. The number of rotatable bonds is 4. The fraction of sp³-hybridized carbons (Fsp3) is 0. The molecule has 5 nitrogen and oxygen atoms in total. The average Bonchev–Trinajstić information content (AvgIpc) is 3.59. The Morgan fingerprint density at radius 2 is 1.05 bits per heavy atom. The van der Waals surface area contributed by atoms with Gasteiger partial charge in [0, 0.05) is 39.2 Å². The average molecular weight is 514 g/mol. The number of hydrogen-bond acceptors (Lipinski definition) is 3. The second-order valence-electron chi connectivity index (χ2n) is 9.82. The maximum atomic E-state index is 5.05. The Labute approximate surface area is 230 Å². The highest BCUT2D eigenvalue weighted by Crippen LogP contribution is 2.35. The lowest BCUT2D eigenvalue weighted by molar-refractivity contribution is 0.953. The van der Waals surface area contributed by atoms with Crippen molar-refractivity contribution in [3.8, 4) is 34.4 Å². The zero-order valence-corrected chi connectivity index (χ0v) is 21.5. The maximum Gasteiger partial charge on any atom is 0.238 e. The normalized spacial score (nSPS) is 11.5. The van der Waals surface area contributed by atoms with Crippen LogP contribution in [0.15, 0.2) is 140 Å². The zero-order valence-electron chi connectivity index (χ0n) is 21.5. The number of nitrogens with zero attached hydrogens (tertiary/aromatic N) is 5. The van der Waals surface area contributed by atoms with Crippen molar-refractivity contribution in [1.29, 1.82) is 0 Å². The first-order valence-electron chi connectivity index (χ1n) is 13.3. The fourth-order valence-corrected chi connectivity index (χ4v) is 5.52. The van der Waals surface area contributed by atoms with Crippen molar-refractivity contribution in [2.24, 2.45) is 0 Å². The number of benzene rings is 5. The van der Waals surface area contributed by atoms with Crippen LogP contribution in [-0.4, -0.2) is 24.1 Å². The van der Waals surface area contributed by atoms with Gasteiger partial charge < -0.3 is 4.57 Å². The maximum absolute atomic E-state index is 5.05. The van der Waals surface area contributed by atoms with E-state index in [2.05, 4.69) is 82.1 Å². The van der Waals surface area contributed by atoms with Gasteiger partial charge in [-0.1, -0.05) is 97.1 Å². The molecule has 0 atom stereocenters. The molecule has 188 valence electrons. The highest BCUT2D eigenvalue weighted by Gasteiger charge is 2.19. The molecule has 5 heteroatoms. The molecular weight excluding hydrogens is 490 g/mol. The molecule has 0 amide bonds. The lowest BCUT2D eigenvalue weighted by Crippen LogP contribution is -2.06. The molecule has 0 saturated heterocycles. The third-order valence-electron chi connectivity index (χ3n) is 7.41. The first-order chi connectivity index (χ1) is 19.8. The van der Waals surface area contributed by atoms with E-state index in [-0.39, 0.29) is 0 Å². The topological polar surface area (TPSA) is 48.5 Å². The van der Waals surface area contributed by atoms with Crippen molar-refractivity contribution >= 4 is 32.7 Å². The summed E-state index contributed by atoms with van der Waals surface area (Å²) in [5.74, 6) is 1.88. The van der Waals surface area contributed by atoms with Gasteiger partial charge in [-0.2, -0.15) is 9.97 Å². The number of hydrogen-bond donors (Lipinski definition) is 0. The van der Waals surface area contributed by atoms with Crippen molar-refractivity contribution in [1.82, 2.24) is 24.1 Å². The van der Waals surface area contributed by atoms with Gasteiger partial charge in [-0.3, -0.25) is 4.57 Å². The molecular formula is C35H23N5.